The number of nitrogens with zero attached hydrogens (tertiary/aromatic N) is 2. The summed E-state index contributed by atoms with van der Waals surface area (Å²) in [6.45, 7) is 5.01. The van der Waals surface area contributed by atoms with Gasteiger partial charge in [0.05, 0.1) is 11.7 Å². The highest BCUT2D eigenvalue weighted by molar-refractivity contribution is 5.27. The first-order valence-electron chi connectivity index (χ1n) is 7.63. The number of aliphatic hydroxyl groups excluding tert-OH is 1. The molecule has 114 valence electrons. The van der Waals surface area contributed by atoms with Crippen LogP contribution in [0.2, 0.25) is 0 Å². The van der Waals surface area contributed by atoms with Gasteiger partial charge in [-0.1, -0.05) is 26.0 Å². The number of hydrogen-bond donors (Lipinski definition) is 1. The van der Waals surface area contributed by atoms with Crippen LogP contribution >= 0.6 is 0 Å². The highest BCUT2D eigenvalue weighted by Gasteiger charge is 2.08. The summed E-state index contributed by atoms with van der Waals surface area (Å²) in [5.41, 5.74) is 2.06. The van der Waals surface area contributed by atoms with Crippen LogP contribution in [0.25, 0.3) is 0 Å². The van der Waals surface area contributed by atoms with Crippen LogP contribution in [0.1, 0.15) is 44.0 Å². The number of aromatic nitrogens is 2. The molecule has 0 atom stereocenters. The van der Waals surface area contributed by atoms with Gasteiger partial charge in [0.1, 0.15) is 12.4 Å². The molecule has 0 bridgehead atoms. The van der Waals surface area contributed by atoms with Gasteiger partial charge in [-0.25, -0.2) is 0 Å². The predicted octanol–water partition coefficient (Wildman–Crippen LogP) is 3.36. The van der Waals surface area contributed by atoms with E-state index >= 15 is 0 Å². The maximum absolute atomic E-state index is 8.89. The fourth-order valence-corrected chi connectivity index (χ4v) is 2.36. The first kappa shape index (κ1) is 15.6. The minimum absolute atomic E-state index is 0.174. The van der Waals surface area contributed by atoms with Gasteiger partial charge in [-0.15, -0.1) is 0 Å². The van der Waals surface area contributed by atoms with Crippen molar-refractivity contribution >= 4 is 0 Å². The van der Waals surface area contributed by atoms with E-state index in [0.29, 0.717) is 19.1 Å². The van der Waals surface area contributed by atoms with E-state index in [9.17, 15) is 0 Å². The van der Waals surface area contributed by atoms with Crippen LogP contribution in [0, 0.1) is 0 Å². The monoisotopic (exact) mass is 288 g/mol. The molecule has 1 aromatic carbocycles. The zero-order valence-corrected chi connectivity index (χ0v) is 12.8. The van der Waals surface area contributed by atoms with Crippen LogP contribution in [0.4, 0.5) is 0 Å². The molecule has 0 spiro atoms. The van der Waals surface area contributed by atoms with Crippen LogP contribution in [0.5, 0.6) is 5.75 Å². The molecule has 1 aromatic heterocycles. The highest BCUT2D eigenvalue weighted by atomic mass is 16.5. The SMILES string of the molecule is CCC(CC)n1ccc(COc2ccc(CCO)cc2)n1. The maximum Gasteiger partial charge on any atom is 0.132 e. The molecule has 4 heteroatoms. The molecule has 2 aromatic rings. The molecule has 4 nitrogen and oxygen atoms in total. The van der Waals surface area contributed by atoms with E-state index in [4.69, 9.17) is 9.84 Å². The lowest BCUT2D eigenvalue weighted by Gasteiger charge is -2.12. The van der Waals surface area contributed by atoms with Crippen LogP contribution < -0.4 is 4.74 Å². The molecule has 1 N–H and O–H groups in total. The normalized spacial score (nSPS) is 11.0. The smallest absolute Gasteiger partial charge is 0.132 e. The average Bonchev–Trinajstić information content (AvgIpc) is 2.97. The summed E-state index contributed by atoms with van der Waals surface area (Å²) in [7, 11) is 0. The Balaban J connectivity index is 1.90. The Hall–Kier alpha value is -1.81. The lowest BCUT2D eigenvalue weighted by molar-refractivity contribution is 0.295. The Morgan fingerprint density at radius 1 is 1.14 bits per heavy atom. The van der Waals surface area contributed by atoms with Gasteiger partial charge in [-0.05, 0) is 43.0 Å². The van der Waals surface area contributed by atoms with Crippen LogP contribution in [0.15, 0.2) is 36.5 Å². The summed E-state index contributed by atoms with van der Waals surface area (Å²) in [4.78, 5) is 0. The summed E-state index contributed by atoms with van der Waals surface area (Å²) < 4.78 is 7.78. The van der Waals surface area contributed by atoms with Crippen molar-refractivity contribution in [2.75, 3.05) is 6.61 Å². The van der Waals surface area contributed by atoms with Crippen molar-refractivity contribution in [3.63, 3.8) is 0 Å². The number of rotatable bonds is 8. The minimum atomic E-state index is 0.174. The van der Waals surface area contributed by atoms with E-state index in [2.05, 4.69) is 18.9 Å². The van der Waals surface area contributed by atoms with Crippen LogP contribution in [0.3, 0.4) is 0 Å². The van der Waals surface area contributed by atoms with Crippen molar-refractivity contribution in [1.29, 1.82) is 0 Å². The first-order chi connectivity index (χ1) is 10.3. The van der Waals surface area contributed by atoms with Crippen LogP contribution in [-0.2, 0) is 13.0 Å². The lowest BCUT2D eigenvalue weighted by Crippen LogP contribution is -2.08. The molecule has 0 aliphatic heterocycles. The zero-order valence-electron chi connectivity index (χ0n) is 12.8. The molecule has 21 heavy (non-hydrogen) atoms. The van der Waals surface area contributed by atoms with Gasteiger partial charge in [0.25, 0.3) is 0 Å². The quantitative estimate of drug-likeness (QED) is 0.810. The van der Waals surface area contributed by atoms with Crippen molar-refractivity contribution in [2.45, 2.75) is 45.8 Å². The van der Waals surface area contributed by atoms with E-state index in [1.807, 2.05) is 41.2 Å². The van der Waals surface area contributed by atoms with Crippen molar-refractivity contribution in [1.82, 2.24) is 9.78 Å². The van der Waals surface area contributed by atoms with Gasteiger partial charge in [-0.3, -0.25) is 4.68 Å². The fourth-order valence-electron chi connectivity index (χ4n) is 2.36. The Kier molecular flexibility index (Phi) is 5.81. The molecular weight excluding hydrogens is 264 g/mol. The minimum Gasteiger partial charge on any atom is -0.487 e. The first-order valence-corrected chi connectivity index (χ1v) is 7.63. The van der Waals surface area contributed by atoms with Gasteiger partial charge in [0.15, 0.2) is 0 Å². The van der Waals surface area contributed by atoms with Crippen molar-refractivity contribution in [3.8, 4) is 5.75 Å². The van der Waals surface area contributed by atoms with Gasteiger partial charge in [0.2, 0.25) is 0 Å². The molecule has 1 heterocycles. The zero-order chi connectivity index (χ0) is 15.1. The molecule has 0 radical (unpaired) electrons. The molecule has 2 rings (SSSR count). The second-order valence-electron chi connectivity index (χ2n) is 5.16. The predicted molar refractivity (Wildman–Crippen MR) is 83.4 cm³/mol. The molecule has 0 unspecified atom stereocenters. The second kappa shape index (κ2) is 7.84. The van der Waals surface area contributed by atoms with Gasteiger partial charge < -0.3 is 9.84 Å². The summed E-state index contributed by atoms with van der Waals surface area (Å²) in [5.74, 6) is 0.828. The Bertz CT molecular complexity index is 530. The van der Waals surface area contributed by atoms with E-state index in [1.165, 1.54) is 0 Å². The standard InChI is InChI=1S/C17H24N2O2/c1-3-16(4-2)19-11-9-15(18-19)13-21-17-7-5-14(6-8-17)10-12-20/h5-9,11,16,20H,3-4,10,12-13H2,1-2H3. The molecule has 0 saturated carbocycles. The summed E-state index contributed by atoms with van der Waals surface area (Å²) >= 11 is 0. The third-order valence-corrected chi connectivity index (χ3v) is 3.69. The average molecular weight is 288 g/mol. The van der Waals surface area contributed by atoms with E-state index in [-0.39, 0.29) is 6.61 Å². The molecular formula is C17H24N2O2. The third-order valence-electron chi connectivity index (χ3n) is 3.69. The summed E-state index contributed by atoms with van der Waals surface area (Å²) in [5, 5.41) is 13.5. The fraction of sp³-hybridized carbons (Fsp3) is 0.471. The third kappa shape index (κ3) is 4.33. The summed E-state index contributed by atoms with van der Waals surface area (Å²) in [6.07, 6.45) is 4.89. The molecule has 0 fully saturated rings. The molecule has 0 saturated heterocycles. The van der Waals surface area contributed by atoms with Crippen molar-refractivity contribution < 1.29 is 9.84 Å². The van der Waals surface area contributed by atoms with E-state index in [0.717, 1.165) is 29.8 Å². The second-order valence-corrected chi connectivity index (χ2v) is 5.16. The van der Waals surface area contributed by atoms with Gasteiger partial charge in [0, 0.05) is 12.8 Å². The Labute approximate surface area is 126 Å². The highest BCUT2D eigenvalue weighted by Crippen LogP contribution is 2.16. The number of benzene rings is 1. The number of aliphatic hydroxyl groups is 1. The van der Waals surface area contributed by atoms with E-state index in [1.54, 1.807) is 0 Å². The Morgan fingerprint density at radius 3 is 2.48 bits per heavy atom. The van der Waals surface area contributed by atoms with Gasteiger partial charge in [-0.2, -0.15) is 5.10 Å². The van der Waals surface area contributed by atoms with E-state index < -0.39 is 0 Å². The molecule has 0 aliphatic rings. The van der Waals surface area contributed by atoms with Crippen molar-refractivity contribution in [2.24, 2.45) is 0 Å². The lowest BCUT2D eigenvalue weighted by atomic mass is 10.1. The Morgan fingerprint density at radius 2 is 1.86 bits per heavy atom. The molecule has 0 aliphatic carbocycles. The van der Waals surface area contributed by atoms with Gasteiger partial charge >= 0.3 is 0 Å². The molecule has 0 amide bonds. The van der Waals surface area contributed by atoms with Crippen LogP contribution in [-0.4, -0.2) is 21.5 Å². The number of hydrogen-bond acceptors (Lipinski definition) is 3. The largest absolute Gasteiger partial charge is 0.487 e. The maximum atomic E-state index is 8.89. The summed E-state index contributed by atoms with van der Waals surface area (Å²) in [6, 6.07) is 10.3. The van der Waals surface area contributed by atoms with Crippen molar-refractivity contribution in [3.05, 3.63) is 47.8 Å². The number of ether oxygens (including phenoxy) is 1. The topological polar surface area (TPSA) is 47.3 Å².